The molecule has 0 spiro atoms. The summed E-state index contributed by atoms with van der Waals surface area (Å²) in [6.45, 7) is 5.91. The highest BCUT2D eigenvalue weighted by Crippen LogP contribution is 2.29. The molecule has 0 radical (unpaired) electrons. The van der Waals surface area contributed by atoms with Crippen molar-refractivity contribution in [2.24, 2.45) is 0 Å². The molecule has 0 unspecified atom stereocenters. The second-order valence-electron chi connectivity index (χ2n) is 9.33. The van der Waals surface area contributed by atoms with Crippen molar-refractivity contribution in [1.29, 1.82) is 0 Å². The number of piperidine rings is 1. The van der Waals surface area contributed by atoms with E-state index in [0.29, 0.717) is 0 Å². The van der Waals surface area contributed by atoms with Gasteiger partial charge < -0.3 is 14.5 Å². The average Bonchev–Trinajstić information content (AvgIpc) is 3.17. The van der Waals surface area contributed by atoms with Gasteiger partial charge in [-0.15, -0.1) is 0 Å². The number of hydrogen-bond donors (Lipinski definition) is 0. The number of carbonyl (C=O) groups excluding carboxylic acids is 1. The molecule has 5 heteroatoms. The summed E-state index contributed by atoms with van der Waals surface area (Å²) in [6, 6.07) is 7.83. The first kappa shape index (κ1) is 19.2. The van der Waals surface area contributed by atoms with Crippen molar-refractivity contribution >= 4 is 6.03 Å². The van der Waals surface area contributed by atoms with Gasteiger partial charge in [0.1, 0.15) is 11.9 Å². The van der Waals surface area contributed by atoms with Crippen molar-refractivity contribution in [2.75, 3.05) is 39.3 Å². The first-order valence-corrected chi connectivity index (χ1v) is 11.8. The molecule has 4 aliphatic rings. The summed E-state index contributed by atoms with van der Waals surface area (Å²) in [5.41, 5.74) is 2.98. The molecule has 1 saturated carbocycles. The molecule has 0 aromatic heterocycles. The van der Waals surface area contributed by atoms with Gasteiger partial charge in [0, 0.05) is 58.2 Å². The first-order chi connectivity index (χ1) is 14.3. The Balaban J connectivity index is 1.14. The van der Waals surface area contributed by atoms with Gasteiger partial charge in [-0.25, -0.2) is 4.79 Å². The second-order valence-corrected chi connectivity index (χ2v) is 9.33. The summed E-state index contributed by atoms with van der Waals surface area (Å²) in [5.74, 6) is 1.02. The number of urea groups is 1. The fourth-order valence-electron chi connectivity index (χ4n) is 5.37. The van der Waals surface area contributed by atoms with E-state index in [1.165, 1.54) is 49.9 Å². The summed E-state index contributed by atoms with van der Waals surface area (Å²) in [6.07, 6.45) is 10.9. The van der Waals surface area contributed by atoms with Gasteiger partial charge in [0.25, 0.3) is 0 Å². The van der Waals surface area contributed by atoms with Crippen molar-refractivity contribution in [2.45, 2.75) is 69.9 Å². The van der Waals surface area contributed by atoms with Crippen molar-refractivity contribution in [3.63, 3.8) is 0 Å². The van der Waals surface area contributed by atoms with Crippen LogP contribution >= 0.6 is 0 Å². The molecule has 1 aromatic rings. The fraction of sp³-hybridized carbons (Fsp3) is 0.708. The first-order valence-electron chi connectivity index (χ1n) is 11.8. The van der Waals surface area contributed by atoms with E-state index in [1.54, 1.807) is 0 Å². The van der Waals surface area contributed by atoms with E-state index in [4.69, 9.17) is 4.74 Å². The van der Waals surface area contributed by atoms with E-state index in [9.17, 15) is 4.79 Å². The van der Waals surface area contributed by atoms with Gasteiger partial charge in [0.2, 0.25) is 0 Å². The number of benzene rings is 1. The van der Waals surface area contributed by atoms with Crippen molar-refractivity contribution in [1.82, 2.24) is 14.7 Å². The molecule has 5 rings (SSSR count). The largest absolute Gasteiger partial charge is 0.490 e. The summed E-state index contributed by atoms with van der Waals surface area (Å²) in [5, 5.41) is 0. The van der Waals surface area contributed by atoms with Gasteiger partial charge >= 0.3 is 6.03 Å². The highest BCUT2D eigenvalue weighted by molar-refractivity contribution is 5.74. The van der Waals surface area contributed by atoms with Crippen molar-refractivity contribution in [3.05, 3.63) is 29.3 Å². The van der Waals surface area contributed by atoms with E-state index >= 15 is 0 Å². The van der Waals surface area contributed by atoms with Crippen molar-refractivity contribution < 1.29 is 9.53 Å². The minimum absolute atomic E-state index is 0.230. The predicted molar refractivity (Wildman–Crippen MR) is 114 cm³/mol. The molecule has 0 bridgehead atoms. The SMILES string of the molecule is O=C(N1CCCC1)N1CCC(Oc2ccc3c(c2)CCN(C2CCC2)CC3)CC1. The Hall–Kier alpha value is -1.75. The Morgan fingerprint density at radius 3 is 2.17 bits per heavy atom. The number of nitrogens with zero attached hydrogens (tertiary/aromatic N) is 3. The van der Waals surface area contributed by atoms with Crippen LogP contribution in [-0.4, -0.2) is 72.1 Å². The predicted octanol–water partition coefficient (Wildman–Crippen LogP) is 3.70. The summed E-state index contributed by atoms with van der Waals surface area (Å²) < 4.78 is 6.36. The number of hydrogen-bond acceptors (Lipinski definition) is 3. The molecule has 3 aliphatic heterocycles. The Morgan fingerprint density at radius 1 is 0.793 bits per heavy atom. The number of carbonyl (C=O) groups is 1. The summed E-state index contributed by atoms with van der Waals surface area (Å²) in [7, 11) is 0. The Kier molecular flexibility index (Phi) is 5.67. The Bertz CT molecular complexity index is 719. The van der Waals surface area contributed by atoms with Crippen LogP contribution in [0.1, 0.15) is 56.1 Å². The van der Waals surface area contributed by atoms with Crippen LogP contribution in [-0.2, 0) is 12.8 Å². The molecule has 1 aromatic carbocycles. The van der Waals surface area contributed by atoms with Crippen LogP contribution in [0.4, 0.5) is 4.79 Å². The zero-order chi connectivity index (χ0) is 19.6. The molecule has 1 aliphatic carbocycles. The molecule has 158 valence electrons. The van der Waals surface area contributed by atoms with Crippen molar-refractivity contribution in [3.8, 4) is 5.75 Å². The van der Waals surface area contributed by atoms with E-state index in [-0.39, 0.29) is 12.1 Å². The molecule has 3 fully saturated rings. The molecule has 3 heterocycles. The monoisotopic (exact) mass is 397 g/mol. The normalized spacial score (nSPS) is 24.1. The van der Waals surface area contributed by atoms with Gasteiger partial charge in [-0.2, -0.15) is 0 Å². The van der Waals surface area contributed by atoms with Crippen LogP contribution in [0.25, 0.3) is 0 Å². The third kappa shape index (κ3) is 4.25. The lowest BCUT2D eigenvalue weighted by molar-refractivity contribution is 0.0981. The van der Waals surface area contributed by atoms with Crippen LogP contribution in [0.2, 0.25) is 0 Å². The minimum Gasteiger partial charge on any atom is -0.490 e. The van der Waals surface area contributed by atoms with E-state index in [1.807, 2.05) is 9.80 Å². The molecule has 2 saturated heterocycles. The van der Waals surface area contributed by atoms with E-state index in [2.05, 4.69) is 23.1 Å². The maximum absolute atomic E-state index is 12.6. The lowest BCUT2D eigenvalue weighted by atomic mass is 9.91. The number of fused-ring (bicyclic) bond motifs is 1. The van der Waals surface area contributed by atoms with E-state index < -0.39 is 0 Å². The summed E-state index contributed by atoms with van der Waals surface area (Å²) >= 11 is 0. The Morgan fingerprint density at radius 2 is 1.48 bits per heavy atom. The standard InChI is InChI=1S/C24H35N3O2/c28-24(26-12-1-2-13-26)27-16-10-22(11-17-27)29-23-7-6-19-8-14-25(21-4-3-5-21)15-9-20(19)18-23/h6-7,18,21-22H,1-5,8-17H2. The lowest BCUT2D eigenvalue weighted by Crippen LogP contribution is -2.47. The van der Waals surface area contributed by atoms with Crippen LogP contribution < -0.4 is 4.74 Å². The maximum Gasteiger partial charge on any atom is 0.320 e. The zero-order valence-corrected chi connectivity index (χ0v) is 17.7. The fourth-order valence-corrected chi connectivity index (χ4v) is 5.37. The molecule has 0 atom stereocenters. The number of likely N-dealkylation sites (tertiary alicyclic amines) is 2. The topological polar surface area (TPSA) is 36.0 Å². The highest BCUT2D eigenvalue weighted by atomic mass is 16.5. The van der Waals surface area contributed by atoms with Crippen LogP contribution in [0.3, 0.4) is 0 Å². The van der Waals surface area contributed by atoms with Gasteiger partial charge in [0.05, 0.1) is 0 Å². The minimum atomic E-state index is 0.230. The molecular weight excluding hydrogens is 362 g/mol. The van der Waals surface area contributed by atoms with Gasteiger partial charge in [-0.05, 0) is 61.8 Å². The number of amides is 2. The van der Waals surface area contributed by atoms with E-state index in [0.717, 1.165) is 70.1 Å². The quantitative estimate of drug-likeness (QED) is 0.780. The maximum atomic E-state index is 12.6. The van der Waals surface area contributed by atoms with Crippen LogP contribution in [0, 0.1) is 0 Å². The number of ether oxygens (including phenoxy) is 1. The molecule has 29 heavy (non-hydrogen) atoms. The van der Waals surface area contributed by atoms with Gasteiger partial charge in [-0.1, -0.05) is 12.5 Å². The van der Waals surface area contributed by atoms with Gasteiger partial charge in [0.15, 0.2) is 0 Å². The second kappa shape index (κ2) is 8.55. The molecule has 0 N–H and O–H groups in total. The average molecular weight is 398 g/mol. The van der Waals surface area contributed by atoms with Crippen LogP contribution in [0.15, 0.2) is 18.2 Å². The smallest absolute Gasteiger partial charge is 0.320 e. The molecule has 2 amide bonds. The third-order valence-corrected chi connectivity index (χ3v) is 7.50. The lowest BCUT2D eigenvalue weighted by Gasteiger charge is -2.36. The highest BCUT2D eigenvalue weighted by Gasteiger charge is 2.29. The summed E-state index contributed by atoms with van der Waals surface area (Å²) in [4.78, 5) is 19.3. The Labute approximate surface area is 175 Å². The number of rotatable bonds is 3. The van der Waals surface area contributed by atoms with Gasteiger partial charge in [-0.3, -0.25) is 4.90 Å². The molecule has 5 nitrogen and oxygen atoms in total. The zero-order valence-electron chi connectivity index (χ0n) is 17.7. The van der Waals surface area contributed by atoms with Crippen LogP contribution in [0.5, 0.6) is 5.75 Å². The third-order valence-electron chi connectivity index (χ3n) is 7.50. The molecular formula is C24H35N3O2.